The van der Waals surface area contributed by atoms with Crippen LogP contribution in [0.4, 0.5) is 10.8 Å². The molecule has 1 spiro atoms. The number of rotatable bonds is 6. The summed E-state index contributed by atoms with van der Waals surface area (Å²) in [7, 11) is 0. The van der Waals surface area contributed by atoms with Gasteiger partial charge in [0.1, 0.15) is 5.58 Å². The smallest absolute Gasteiger partial charge is 0.297 e. The highest BCUT2D eigenvalue weighted by atomic mass is 35.5. The molecule has 0 saturated carbocycles. The van der Waals surface area contributed by atoms with Crippen LogP contribution >= 0.6 is 34.7 Å². The zero-order valence-electron chi connectivity index (χ0n) is 25.2. The number of para-hydroxylation sites is 1. The van der Waals surface area contributed by atoms with Gasteiger partial charge in [0.25, 0.3) is 11.8 Å². The Hall–Kier alpha value is -4.77. The summed E-state index contributed by atoms with van der Waals surface area (Å²) < 4.78 is 6.87. The van der Waals surface area contributed by atoms with E-state index in [2.05, 4.69) is 10.2 Å². The lowest BCUT2D eigenvalue weighted by Gasteiger charge is -2.32. The van der Waals surface area contributed by atoms with Gasteiger partial charge in [0.05, 0.1) is 23.2 Å². The van der Waals surface area contributed by atoms with Gasteiger partial charge in [-0.2, -0.15) is 0 Å². The molecule has 1 atom stereocenters. The predicted octanol–water partition coefficient (Wildman–Crippen LogP) is 7.66. The van der Waals surface area contributed by atoms with Crippen molar-refractivity contribution in [2.45, 2.75) is 36.0 Å². The fraction of sp³-hybridized carbons (Fsp3) is 0.139. The fourth-order valence-corrected chi connectivity index (χ4v) is 8.62. The molecule has 2 amide bonds. The standard InChI is InChI=1S/C36H25ClN4O4S2/c1-20-16-24-28(17-21(20)2)45-31-29(30(24)42)36(25-13-7-9-15-27(25)40(33(36)44)18-22-10-4-3-5-11-22)41(32(31)43)34-38-39-35(47-34)46-19-23-12-6-8-14-26(23)37/h3-17H,18-19H2,1-2H3. The van der Waals surface area contributed by atoms with Crippen molar-refractivity contribution in [3.63, 3.8) is 0 Å². The third-order valence-electron chi connectivity index (χ3n) is 8.82. The summed E-state index contributed by atoms with van der Waals surface area (Å²) in [5, 5.41) is 9.95. The van der Waals surface area contributed by atoms with Crippen molar-refractivity contribution in [2.75, 3.05) is 9.80 Å². The number of fused-ring (bicyclic) bond motifs is 5. The van der Waals surface area contributed by atoms with E-state index < -0.39 is 22.8 Å². The monoisotopic (exact) mass is 676 g/mol. The molecule has 0 fully saturated rings. The maximum absolute atomic E-state index is 15.1. The lowest BCUT2D eigenvalue weighted by atomic mass is 9.84. The number of aromatic nitrogens is 2. The molecular formula is C36H25ClN4O4S2. The quantitative estimate of drug-likeness (QED) is 0.132. The molecular weight excluding hydrogens is 652 g/mol. The Morgan fingerprint density at radius 1 is 0.894 bits per heavy atom. The number of halogens is 1. The first-order valence-electron chi connectivity index (χ1n) is 14.9. The van der Waals surface area contributed by atoms with Gasteiger partial charge in [-0.3, -0.25) is 19.3 Å². The maximum Gasteiger partial charge on any atom is 0.297 e. The molecule has 2 aliphatic rings. The summed E-state index contributed by atoms with van der Waals surface area (Å²) in [5.41, 5.74) is 2.75. The van der Waals surface area contributed by atoms with Crippen LogP contribution in [-0.2, 0) is 22.6 Å². The van der Waals surface area contributed by atoms with E-state index >= 15 is 4.79 Å². The Balaban J connectivity index is 1.34. The normalized spacial score (nSPS) is 16.8. The highest BCUT2D eigenvalue weighted by molar-refractivity contribution is 8.00. The Bertz CT molecular complexity index is 2320. The van der Waals surface area contributed by atoms with Crippen LogP contribution < -0.4 is 15.2 Å². The number of carbonyl (C=O) groups is 2. The first kappa shape index (κ1) is 29.6. The lowest BCUT2D eigenvalue weighted by Crippen LogP contribution is -2.53. The molecule has 232 valence electrons. The van der Waals surface area contributed by atoms with Crippen LogP contribution in [0.15, 0.2) is 105 Å². The van der Waals surface area contributed by atoms with Gasteiger partial charge in [-0.15, -0.1) is 10.2 Å². The summed E-state index contributed by atoms with van der Waals surface area (Å²) in [6, 6.07) is 28.0. The van der Waals surface area contributed by atoms with Crippen molar-refractivity contribution < 1.29 is 14.0 Å². The summed E-state index contributed by atoms with van der Waals surface area (Å²) in [5.74, 6) is -0.702. The Morgan fingerprint density at radius 3 is 2.43 bits per heavy atom. The van der Waals surface area contributed by atoms with Crippen LogP contribution in [0.5, 0.6) is 0 Å². The number of benzene rings is 4. The highest BCUT2D eigenvalue weighted by Crippen LogP contribution is 2.55. The van der Waals surface area contributed by atoms with Gasteiger partial charge in [-0.05, 0) is 60.4 Å². The van der Waals surface area contributed by atoms with E-state index in [1.54, 1.807) is 23.1 Å². The molecule has 11 heteroatoms. The van der Waals surface area contributed by atoms with Gasteiger partial charge < -0.3 is 9.32 Å². The van der Waals surface area contributed by atoms with E-state index in [-0.39, 0.29) is 28.6 Å². The van der Waals surface area contributed by atoms with Crippen molar-refractivity contribution in [2.24, 2.45) is 0 Å². The summed E-state index contributed by atoms with van der Waals surface area (Å²) in [6.07, 6.45) is 0. The number of amides is 2. The largest absolute Gasteiger partial charge is 0.450 e. The van der Waals surface area contributed by atoms with Crippen LogP contribution in [-0.4, -0.2) is 22.0 Å². The summed E-state index contributed by atoms with van der Waals surface area (Å²) in [4.78, 5) is 47.3. The molecule has 8 rings (SSSR count). The third-order valence-corrected chi connectivity index (χ3v) is 11.3. The fourth-order valence-electron chi connectivity index (χ4n) is 6.45. The number of thioether (sulfide) groups is 1. The highest BCUT2D eigenvalue weighted by Gasteiger charge is 2.66. The summed E-state index contributed by atoms with van der Waals surface area (Å²) in [6.45, 7) is 4.07. The van der Waals surface area contributed by atoms with Crippen LogP contribution in [0, 0.1) is 13.8 Å². The van der Waals surface area contributed by atoms with Gasteiger partial charge in [-0.25, -0.2) is 0 Å². The molecule has 0 N–H and O–H groups in total. The van der Waals surface area contributed by atoms with Gasteiger partial charge in [-0.1, -0.05) is 101 Å². The predicted molar refractivity (Wildman–Crippen MR) is 185 cm³/mol. The number of hydrogen-bond acceptors (Lipinski definition) is 8. The molecule has 0 aliphatic carbocycles. The lowest BCUT2D eigenvalue weighted by molar-refractivity contribution is -0.121. The second kappa shape index (κ2) is 11.2. The number of carbonyl (C=O) groups excluding carboxylic acids is 2. The number of hydrogen-bond donors (Lipinski definition) is 0. The molecule has 1 unspecified atom stereocenters. The zero-order chi connectivity index (χ0) is 32.4. The van der Waals surface area contributed by atoms with E-state index in [9.17, 15) is 9.59 Å². The van der Waals surface area contributed by atoms with Crippen molar-refractivity contribution in [1.82, 2.24) is 10.2 Å². The van der Waals surface area contributed by atoms with E-state index in [0.717, 1.165) is 22.3 Å². The molecule has 2 aromatic heterocycles. The van der Waals surface area contributed by atoms with E-state index in [1.807, 2.05) is 86.6 Å². The molecule has 0 radical (unpaired) electrons. The molecule has 2 aliphatic heterocycles. The Kier molecular flexibility index (Phi) is 7.05. The molecule has 0 bridgehead atoms. The van der Waals surface area contributed by atoms with Gasteiger partial charge in [0, 0.05) is 16.3 Å². The molecule has 0 saturated heterocycles. The van der Waals surface area contributed by atoms with Crippen LogP contribution in [0.3, 0.4) is 0 Å². The minimum Gasteiger partial charge on any atom is -0.450 e. The van der Waals surface area contributed by atoms with Crippen molar-refractivity contribution >= 4 is 68.3 Å². The van der Waals surface area contributed by atoms with Crippen LogP contribution in [0.2, 0.25) is 5.02 Å². The van der Waals surface area contributed by atoms with Crippen molar-refractivity contribution in [1.29, 1.82) is 0 Å². The third kappa shape index (κ3) is 4.46. The van der Waals surface area contributed by atoms with Crippen LogP contribution in [0.25, 0.3) is 11.0 Å². The van der Waals surface area contributed by atoms with Gasteiger partial charge in [0.2, 0.25) is 10.9 Å². The van der Waals surface area contributed by atoms with Gasteiger partial charge >= 0.3 is 0 Å². The van der Waals surface area contributed by atoms with E-state index in [4.69, 9.17) is 16.0 Å². The first-order chi connectivity index (χ1) is 22.8. The second-order valence-corrected chi connectivity index (χ2v) is 14.1. The second-order valence-electron chi connectivity index (χ2n) is 11.5. The Labute approximate surface area is 282 Å². The van der Waals surface area contributed by atoms with Crippen LogP contribution in [0.1, 0.15) is 43.9 Å². The van der Waals surface area contributed by atoms with Gasteiger partial charge in [0.15, 0.2) is 15.3 Å². The topological polar surface area (TPSA) is 96.6 Å². The van der Waals surface area contributed by atoms with E-state index in [0.29, 0.717) is 31.8 Å². The molecule has 4 aromatic carbocycles. The minimum absolute atomic E-state index is 0.00765. The van der Waals surface area contributed by atoms with E-state index in [1.165, 1.54) is 28.0 Å². The average Bonchev–Trinajstić information content (AvgIpc) is 3.71. The number of aryl methyl sites for hydroxylation is 2. The SMILES string of the molecule is Cc1cc2oc3c(c(=O)c2cc1C)C1(C(=O)N(Cc2ccccc2)c2ccccc21)N(c1nnc(SCc2ccccc2Cl)s1)C3=O. The minimum atomic E-state index is -1.85. The average molecular weight is 677 g/mol. The number of nitrogens with zero attached hydrogens (tertiary/aromatic N) is 4. The molecule has 47 heavy (non-hydrogen) atoms. The maximum atomic E-state index is 15.1. The Morgan fingerprint density at radius 2 is 1.62 bits per heavy atom. The molecule has 8 nitrogen and oxygen atoms in total. The molecule has 6 aromatic rings. The zero-order valence-corrected chi connectivity index (χ0v) is 27.6. The van der Waals surface area contributed by atoms with Crippen molar-refractivity contribution in [3.05, 3.63) is 145 Å². The number of anilines is 2. The summed E-state index contributed by atoms with van der Waals surface area (Å²) >= 11 is 8.98. The van der Waals surface area contributed by atoms with Crippen molar-refractivity contribution in [3.8, 4) is 0 Å². The first-order valence-corrected chi connectivity index (χ1v) is 17.0. The molecule has 4 heterocycles.